The number of benzene rings is 3. The van der Waals surface area contributed by atoms with Gasteiger partial charge in [0.25, 0.3) is 5.91 Å². The van der Waals surface area contributed by atoms with E-state index in [9.17, 15) is 4.79 Å². The summed E-state index contributed by atoms with van der Waals surface area (Å²) >= 11 is 13.8. The number of nitrogens with zero attached hydrogens (tertiary/aromatic N) is 2. The lowest BCUT2D eigenvalue weighted by atomic mass is 10.1. The number of hydrogen-bond acceptors (Lipinski definition) is 4. The van der Waals surface area contributed by atoms with Crippen LogP contribution in [0.2, 0.25) is 5.02 Å². The largest absolute Gasteiger partial charge is 0.490 e. The minimum Gasteiger partial charge on any atom is -0.490 e. The molecule has 0 radical (unpaired) electrons. The van der Waals surface area contributed by atoms with Crippen LogP contribution in [0.4, 0.5) is 5.69 Å². The van der Waals surface area contributed by atoms with E-state index in [0.717, 1.165) is 20.4 Å². The molecule has 1 saturated heterocycles. The number of hydrogen-bond donors (Lipinski definition) is 0. The van der Waals surface area contributed by atoms with Gasteiger partial charge in [-0.2, -0.15) is 0 Å². The minimum atomic E-state index is -0.172. The van der Waals surface area contributed by atoms with Crippen LogP contribution in [0.3, 0.4) is 0 Å². The smallest absolute Gasteiger partial charge is 0.281 e. The topological polar surface area (TPSA) is 42.0 Å². The molecule has 0 unspecified atom stereocenters. The Morgan fingerprint density at radius 2 is 1.76 bits per heavy atom. The van der Waals surface area contributed by atoms with E-state index in [1.54, 1.807) is 16.8 Å². The number of halogens is 2. The Balaban J connectivity index is 1.63. The van der Waals surface area contributed by atoms with Crippen molar-refractivity contribution in [1.29, 1.82) is 0 Å². The number of carbonyl (C=O) groups is 1. The summed E-state index contributed by atoms with van der Waals surface area (Å²) in [6.07, 6.45) is 1.82. The van der Waals surface area contributed by atoms with Gasteiger partial charge < -0.3 is 14.4 Å². The lowest BCUT2D eigenvalue weighted by Gasteiger charge is -2.16. The minimum absolute atomic E-state index is 0.172. The van der Waals surface area contributed by atoms with Crippen molar-refractivity contribution in [3.63, 3.8) is 0 Å². The number of carbonyl (C=O) groups excluding carboxylic acids is 1. The standard InChI is InChI=1S/C26H22ClIN2O3S/c1-3-32-23-15-18(13-21(28)24(23)33-16-17-9-11-19(27)12-10-17)14-22-25(31)30(26(34)29(22)2)20-7-5-4-6-8-20/h4-15H,3,16H2,1-2H3/b22-14-. The maximum absolute atomic E-state index is 13.2. The maximum atomic E-state index is 13.2. The van der Waals surface area contributed by atoms with Gasteiger partial charge in [0.1, 0.15) is 12.3 Å². The number of ether oxygens (including phenoxy) is 2. The third-order valence-corrected chi connectivity index (χ3v) is 6.72. The van der Waals surface area contributed by atoms with Crippen molar-refractivity contribution in [1.82, 2.24) is 4.90 Å². The zero-order chi connectivity index (χ0) is 24.2. The van der Waals surface area contributed by atoms with E-state index in [4.69, 9.17) is 33.3 Å². The zero-order valence-electron chi connectivity index (χ0n) is 18.6. The molecular formula is C26H22ClIN2O3S. The molecule has 8 heteroatoms. The fourth-order valence-electron chi connectivity index (χ4n) is 3.53. The molecule has 174 valence electrons. The second-order valence-electron chi connectivity index (χ2n) is 7.53. The van der Waals surface area contributed by atoms with Crippen molar-refractivity contribution in [3.05, 3.63) is 92.1 Å². The summed E-state index contributed by atoms with van der Waals surface area (Å²) in [6.45, 7) is 2.79. The molecule has 3 aromatic carbocycles. The van der Waals surface area contributed by atoms with Gasteiger partial charge in [0.2, 0.25) is 0 Å². The molecule has 0 spiro atoms. The highest BCUT2D eigenvalue weighted by Gasteiger charge is 2.36. The van der Waals surface area contributed by atoms with Crippen LogP contribution >= 0.6 is 46.4 Å². The predicted octanol–water partition coefficient (Wildman–Crippen LogP) is 6.53. The van der Waals surface area contributed by atoms with Crippen molar-refractivity contribution < 1.29 is 14.3 Å². The third kappa shape index (κ3) is 5.21. The first kappa shape index (κ1) is 24.5. The summed E-state index contributed by atoms with van der Waals surface area (Å²) in [5, 5.41) is 1.12. The maximum Gasteiger partial charge on any atom is 0.281 e. The van der Waals surface area contributed by atoms with E-state index >= 15 is 0 Å². The Morgan fingerprint density at radius 1 is 1.06 bits per heavy atom. The van der Waals surface area contributed by atoms with Crippen molar-refractivity contribution in [2.75, 3.05) is 18.6 Å². The van der Waals surface area contributed by atoms with E-state index < -0.39 is 0 Å². The Labute approximate surface area is 223 Å². The molecule has 0 N–H and O–H groups in total. The molecule has 0 saturated carbocycles. The quantitative estimate of drug-likeness (QED) is 0.174. The molecule has 5 nitrogen and oxygen atoms in total. The Kier molecular flexibility index (Phi) is 7.75. The number of amides is 1. The summed E-state index contributed by atoms with van der Waals surface area (Å²) in [7, 11) is 1.80. The Morgan fingerprint density at radius 3 is 2.44 bits per heavy atom. The van der Waals surface area contributed by atoms with Crippen LogP contribution in [-0.4, -0.2) is 29.6 Å². The van der Waals surface area contributed by atoms with Gasteiger partial charge in [0.15, 0.2) is 16.6 Å². The average Bonchev–Trinajstić information content (AvgIpc) is 3.03. The van der Waals surface area contributed by atoms with E-state index in [1.807, 2.05) is 79.7 Å². The van der Waals surface area contributed by atoms with Gasteiger partial charge in [-0.3, -0.25) is 9.69 Å². The average molecular weight is 605 g/mol. The molecule has 3 aromatic rings. The Bertz CT molecular complexity index is 1250. The van der Waals surface area contributed by atoms with Crippen molar-refractivity contribution in [3.8, 4) is 11.5 Å². The monoisotopic (exact) mass is 604 g/mol. The molecule has 34 heavy (non-hydrogen) atoms. The summed E-state index contributed by atoms with van der Waals surface area (Å²) in [6, 6.07) is 20.8. The van der Waals surface area contributed by atoms with Gasteiger partial charge >= 0.3 is 0 Å². The summed E-state index contributed by atoms with van der Waals surface area (Å²) in [5.41, 5.74) is 3.05. The van der Waals surface area contributed by atoms with Crippen LogP contribution in [0.1, 0.15) is 18.1 Å². The Hall–Kier alpha value is -2.62. The van der Waals surface area contributed by atoms with Gasteiger partial charge in [-0.05, 0) is 95.3 Å². The molecule has 0 aromatic heterocycles. The van der Waals surface area contributed by atoms with Gasteiger partial charge in [-0.25, -0.2) is 0 Å². The highest BCUT2D eigenvalue weighted by Crippen LogP contribution is 2.36. The molecule has 1 fully saturated rings. The normalized spacial score (nSPS) is 14.8. The third-order valence-electron chi connectivity index (χ3n) is 5.21. The van der Waals surface area contributed by atoms with Crippen molar-refractivity contribution >= 4 is 69.2 Å². The second kappa shape index (κ2) is 10.8. The molecule has 0 aliphatic carbocycles. The molecule has 1 heterocycles. The van der Waals surface area contributed by atoms with E-state index in [-0.39, 0.29) is 5.91 Å². The van der Waals surface area contributed by atoms with Crippen molar-refractivity contribution in [2.45, 2.75) is 13.5 Å². The van der Waals surface area contributed by atoms with Crippen molar-refractivity contribution in [2.24, 2.45) is 0 Å². The lowest BCUT2D eigenvalue weighted by Crippen LogP contribution is -2.30. The summed E-state index contributed by atoms with van der Waals surface area (Å²) < 4.78 is 12.9. The van der Waals surface area contributed by atoms with Crippen LogP contribution in [0.5, 0.6) is 11.5 Å². The molecule has 1 aliphatic rings. The van der Waals surface area contributed by atoms with E-state index in [0.29, 0.717) is 40.5 Å². The predicted molar refractivity (Wildman–Crippen MR) is 148 cm³/mol. The second-order valence-corrected chi connectivity index (χ2v) is 9.49. The van der Waals surface area contributed by atoms with Gasteiger partial charge in [0, 0.05) is 12.1 Å². The molecule has 4 rings (SSSR count). The van der Waals surface area contributed by atoms with Crippen LogP contribution in [0, 0.1) is 3.57 Å². The highest BCUT2D eigenvalue weighted by atomic mass is 127. The number of thiocarbonyl (C=S) groups is 1. The molecule has 0 bridgehead atoms. The first-order valence-corrected chi connectivity index (χ1v) is 12.5. The highest BCUT2D eigenvalue weighted by molar-refractivity contribution is 14.1. The lowest BCUT2D eigenvalue weighted by molar-refractivity contribution is -0.114. The first-order chi connectivity index (χ1) is 16.4. The number of para-hydroxylation sites is 1. The van der Waals surface area contributed by atoms with Crippen LogP contribution in [-0.2, 0) is 11.4 Å². The van der Waals surface area contributed by atoms with E-state index in [2.05, 4.69) is 22.6 Å². The molecule has 1 amide bonds. The number of likely N-dealkylation sites (N-methyl/N-ethyl adjacent to an activating group) is 1. The summed E-state index contributed by atoms with van der Waals surface area (Å²) in [5.74, 6) is 1.10. The summed E-state index contributed by atoms with van der Waals surface area (Å²) in [4.78, 5) is 16.5. The number of rotatable bonds is 7. The fourth-order valence-corrected chi connectivity index (χ4v) is 4.72. The van der Waals surface area contributed by atoms with Crippen LogP contribution in [0.25, 0.3) is 6.08 Å². The fraction of sp³-hybridized carbons (Fsp3) is 0.154. The number of anilines is 1. The molecule has 0 atom stereocenters. The van der Waals surface area contributed by atoms with Crippen LogP contribution < -0.4 is 14.4 Å². The molecule has 1 aliphatic heterocycles. The first-order valence-electron chi connectivity index (χ1n) is 10.6. The van der Waals surface area contributed by atoms with Gasteiger partial charge in [-0.1, -0.05) is 41.9 Å². The van der Waals surface area contributed by atoms with Gasteiger partial charge in [0.05, 0.1) is 15.9 Å². The molecular weight excluding hydrogens is 583 g/mol. The van der Waals surface area contributed by atoms with E-state index in [1.165, 1.54) is 0 Å². The zero-order valence-corrected chi connectivity index (χ0v) is 22.4. The van der Waals surface area contributed by atoms with Crippen LogP contribution in [0.15, 0.2) is 72.4 Å². The SMILES string of the molecule is CCOc1cc(/C=C2/C(=O)N(c3ccccc3)C(=S)N2C)cc(I)c1OCc1ccc(Cl)cc1. The van der Waals surface area contributed by atoms with Gasteiger partial charge in [-0.15, -0.1) is 0 Å².